The number of guanidine groups is 1. The number of furan rings is 1. The van der Waals surface area contributed by atoms with Gasteiger partial charge in [-0.15, -0.1) is 0 Å². The van der Waals surface area contributed by atoms with Gasteiger partial charge >= 0.3 is 0 Å². The van der Waals surface area contributed by atoms with Crippen LogP contribution in [0.3, 0.4) is 0 Å². The molecule has 0 atom stereocenters. The summed E-state index contributed by atoms with van der Waals surface area (Å²) in [5, 5.41) is 9.48. The van der Waals surface area contributed by atoms with Gasteiger partial charge < -0.3 is 25.1 Å². The zero-order valence-corrected chi connectivity index (χ0v) is 18.8. The molecule has 3 N–H and O–H groups in total. The van der Waals surface area contributed by atoms with Gasteiger partial charge in [0.15, 0.2) is 11.7 Å². The number of rotatable bonds is 9. The average molecular weight is 435 g/mol. The highest BCUT2D eigenvalue weighted by atomic mass is 16.5. The predicted molar refractivity (Wildman–Crippen MR) is 127 cm³/mol. The number of nitrogens with one attached hydrogen (secondary N) is 3. The van der Waals surface area contributed by atoms with Crippen LogP contribution in [0.5, 0.6) is 5.75 Å². The fourth-order valence-electron chi connectivity index (χ4n) is 3.21. The Balaban J connectivity index is 1.57. The molecular formula is C25H30N4O3. The van der Waals surface area contributed by atoms with E-state index in [1.807, 2.05) is 38.1 Å². The molecule has 0 bridgehead atoms. The van der Waals surface area contributed by atoms with Crippen LogP contribution in [0.2, 0.25) is 0 Å². The molecule has 0 aliphatic carbocycles. The summed E-state index contributed by atoms with van der Waals surface area (Å²) in [5.74, 6) is 1.65. The van der Waals surface area contributed by atoms with E-state index in [0.717, 1.165) is 42.3 Å². The van der Waals surface area contributed by atoms with E-state index >= 15 is 0 Å². The summed E-state index contributed by atoms with van der Waals surface area (Å²) in [6.07, 6.45) is 2.33. The lowest BCUT2D eigenvalue weighted by Gasteiger charge is -2.12. The van der Waals surface area contributed by atoms with Gasteiger partial charge in [0.2, 0.25) is 0 Å². The fraction of sp³-hybridized carbons (Fsp3) is 0.280. The van der Waals surface area contributed by atoms with Crippen LogP contribution in [0.4, 0.5) is 5.69 Å². The minimum Gasteiger partial charge on any atom is -0.496 e. The number of hydrogen-bond acceptors (Lipinski definition) is 4. The van der Waals surface area contributed by atoms with E-state index in [1.54, 1.807) is 19.2 Å². The largest absolute Gasteiger partial charge is 0.496 e. The first-order chi connectivity index (χ1) is 15.6. The molecule has 1 heterocycles. The normalized spacial score (nSPS) is 11.2. The molecule has 0 aliphatic rings. The molecule has 32 heavy (non-hydrogen) atoms. The van der Waals surface area contributed by atoms with E-state index in [9.17, 15) is 4.79 Å². The van der Waals surface area contributed by atoms with Crippen LogP contribution in [0.1, 0.15) is 34.2 Å². The summed E-state index contributed by atoms with van der Waals surface area (Å²) in [5.41, 5.74) is 4.02. The van der Waals surface area contributed by atoms with Crippen molar-refractivity contribution in [2.75, 3.05) is 25.5 Å². The number of aliphatic imine (C=N–C) groups is 1. The summed E-state index contributed by atoms with van der Waals surface area (Å²) >= 11 is 0. The quantitative estimate of drug-likeness (QED) is 0.348. The number of carbonyl (C=O) groups excluding carboxylic acids is 1. The molecule has 0 fully saturated rings. The van der Waals surface area contributed by atoms with Crippen molar-refractivity contribution in [3.8, 4) is 5.75 Å². The number of anilines is 1. The molecule has 7 nitrogen and oxygen atoms in total. The van der Waals surface area contributed by atoms with Gasteiger partial charge in [-0.3, -0.25) is 4.79 Å². The van der Waals surface area contributed by atoms with Crippen molar-refractivity contribution in [2.45, 2.75) is 26.8 Å². The Bertz CT molecular complexity index is 1050. The zero-order valence-electron chi connectivity index (χ0n) is 18.8. The molecule has 168 valence electrons. The number of nitrogens with zero attached hydrogens (tertiary/aromatic N) is 1. The van der Waals surface area contributed by atoms with E-state index in [1.165, 1.54) is 11.8 Å². The number of benzene rings is 2. The summed E-state index contributed by atoms with van der Waals surface area (Å²) < 4.78 is 10.5. The summed E-state index contributed by atoms with van der Waals surface area (Å²) in [6, 6.07) is 17.2. The highest BCUT2D eigenvalue weighted by Gasteiger charge is 2.09. The predicted octanol–water partition coefficient (Wildman–Crippen LogP) is 4.15. The zero-order chi connectivity index (χ0) is 22.8. The van der Waals surface area contributed by atoms with E-state index in [-0.39, 0.29) is 11.7 Å². The first kappa shape index (κ1) is 22.9. The molecule has 1 aromatic heterocycles. The number of hydrogen-bond donors (Lipinski definition) is 3. The monoisotopic (exact) mass is 434 g/mol. The highest BCUT2D eigenvalue weighted by molar-refractivity contribution is 6.02. The van der Waals surface area contributed by atoms with Gasteiger partial charge in [0, 0.05) is 18.8 Å². The molecule has 3 rings (SSSR count). The van der Waals surface area contributed by atoms with Crippen molar-refractivity contribution < 1.29 is 13.9 Å². The first-order valence-electron chi connectivity index (χ1n) is 10.7. The molecule has 0 saturated heterocycles. The lowest BCUT2D eigenvalue weighted by atomic mass is 10.1. The molecule has 0 saturated carbocycles. The van der Waals surface area contributed by atoms with E-state index < -0.39 is 0 Å². The lowest BCUT2D eigenvalue weighted by molar-refractivity contribution is 0.0996. The van der Waals surface area contributed by atoms with Gasteiger partial charge in [0.05, 0.1) is 19.9 Å². The number of amides is 1. The van der Waals surface area contributed by atoms with Crippen molar-refractivity contribution >= 4 is 17.6 Å². The third-order valence-corrected chi connectivity index (χ3v) is 4.87. The van der Waals surface area contributed by atoms with Crippen LogP contribution in [0, 0.1) is 6.92 Å². The standard InChI is InChI=1S/C25H30N4O3/c1-4-26-25(27-13-12-19-11-10-18(2)23(16-19)31-3)28-17-20-7-5-8-21(15-20)29-24(30)22-9-6-14-32-22/h5-11,14-16H,4,12-13,17H2,1-3H3,(H,29,30)(H2,26,27,28). The molecule has 0 spiro atoms. The molecule has 0 radical (unpaired) electrons. The minimum atomic E-state index is -0.279. The van der Waals surface area contributed by atoms with Gasteiger partial charge in [-0.25, -0.2) is 4.99 Å². The Hall–Kier alpha value is -3.74. The number of carbonyl (C=O) groups is 1. The Kier molecular flexibility index (Phi) is 8.31. The van der Waals surface area contributed by atoms with Crippen molar-refractivity contribution in [3.05, 3.63) is 83.3 Å². The van der Waals surface area contributed by atoms with Gasteiger partial charge in [0.25, 0.3) is 5.91 Å². The second-order valence-corrected chi connectivity index (χ2v) is 7.31. The molecule has 7 heteroatoms. The Morgan fingerprint density at radius 3 is 2.69 bits per heavy atom. The third kappa shape index (κ3) is 6.63. The Morgan fingerprint density at radius 1 is 1.06 bits per heavy atom. The van der Waals surface area contributed by atoms with Gasteiger partial charge in [-0.1, -0.05) is 24.3 Å². The molecule has 0 aliphatic heterocycles. The van der Waals surface area contributed by atoms with E-state index in [4.69, 9.17) is 9.15 Å². The minimum absolute atomic E-state index is 0.276. The Labute approximate surface area is 188 Å². The van der Waals surface area contributed by atoms with Crippen LogP contribution >= 0.6 is 0 Å². The van der Waals surface area contributed by atoms with Gasteiger partial charge in [-0.2, -0.15) is 0 Å². The summed E-state index contributed by atoms with van der Waals surface area (Å²) in [4.78, 5) is 16.8. The second kappa shape index (κ2) is 11.6. The molecule has 1 amide bonds. The third-order valence-electron chi connectivity index (χ3n) is 4.87. The fourth-order valence-corrected chi connectivity index (χ4v) is 3.21. The van der Waals surface area contributed by atoms with Crippen LogP contribution in [-0.4, -0.2) is 32.1 Å². The average Bonchev–Trinajstić information content (AvgIpc) is 3.34. The van der Waals surface area contributed by atoms with Crippen molar-refractivity contribution in [3.63, 3.8) is 0 Å². The maximum Gasteiger partial charge on any atom is 0.291 e. The summed E-state index contributed by atoms with van der Waals surface area (Å²) in [6.45, 7) is 6.07. The molecule has 3 aromatic rings. The molecule has 0 unspecified atom stereocenters. The molecule has 2 aromatic carbocycles. The lowest BCUT2D eigenvalue weighted by Crippen LogP contribution is -2.38. The van der Waals surface area contributed by atoms with Gasteiger partial charge in [0.1, 0.15) is 5.75 Å². The van der Waals surface area contributed by atoms with E-state index in [0.29, 0.717) is 12.2 Å². The summed E-state index contributed by atoms with van der Waals surface area (Å²) in [7, 11) is 1.69. The Morgan fingerprint density at radius 2 is 1.94 bits per heavy atom. The van der Waals surface area contributed by atoms with E-state index in [2.05, 4.69) is 39.1 Å². The van der Waals surface area contributed by atoms with Crippen LogP contribution in [-0.2, 0) is 13.0 Å². The van der Waals surface area contributed by atoms with Crippen molar-refractivity contribution in [1.82, 2.24) is 10.6 Å². The van der Waals surface area contributed by atoms with Crippen molar-refractivity contribution in [2.24, 2.45) is 4.99 Å². The highest BCUT2D eigenvalue weighted by Crippen LogP contribution is 2.19. The number of aryl methyl sites for hydroxylation is 1. The first-order valence-corrected chi connectivity index (χ1v) is 10.7. The maximum atomic E-state index is 12.2. The second-order valence-electron chi connectivity index (χ2n) is 7.31. The number of ether oxygens (including phenoxy) is 1. The topological polar surface area (TPSA) is 87.9 Å². The molecular weight excluding hydrogens is 404 g/mol. The van der Waals surface area contributed by atoms with Crippen LogP contribution < -0.4 is 20.7 Å². The number of methoxy groups -OCH3 is 1. The van der Waals surface area contributed by atoms with Crippen LogP contribution in [0.25, 0.3) is 0 Å². The maximum absolute atomic E-state index is 12.2. The van der Waals surface area contributed by atoms with Gasteiger partial charge in [-0.05, 0) is 67.3 Å². The van der Waals surface area contributed by atoms with Crippen LogP contribution in [0.15, 0.2) is 70.3 Å². The van der Waals surface area contributed by atoms with Crippen molar-refractivity contribution in [1.29, 1.82) is 0 Å². The SMILES string of the molecule is CCNC(=NCc1cccc(NC(=O)c2ccco2)c1)NCCc1ccc(C)c(OC)c1. The smallest absolute Gasteiger partial charge is 0.291 e.